The van der Waals surface area contributed by atoms with Crippen molar-refractivity contribution in [2.75, 3.05) is 17.2 Å². The van der Waals surface area contributed by atoms with E-state index >= 15 is 0 Å². The van der Waals surface area contributed by atoms with Gasteiger partial charge in [0.25, 0.3) is 0 Å². The Balaban J connectivity index is 1.39. The number of aliphatic hydroxyl groups is 1. The van der Waals surface area contributed by atoms with E-state index in [1.54, 1.807) is 12.3 Å². The van der Waals surface area contributed by atoms with Crippen molar-refractivity contribution in [1.29, 1.82) is 5.26 Å². The van der Waals surface area contributed by atoms with Gasteiger partial charge >= 0.3 is 6.36 Å². The average molecular weight is 489 g/mol. The van der Waals surface area contributed by atoms with Crippen molar-refractivity contribution in [2.45, 2.75) is 58.0 Å². The van der Waals surface area contributed by atoms with Crippen LogP contribution in [0, 0.1) is 16.7 Å². The van der Waals surface area contributed by atoms with Crippen molar-refractivity contribution in [2.24, 2.45) is 5.41 Å². The molecule has 0 saturated heterocycles. The smallest absolute Gasteiger partial charge is 0.406 e. The zero-order valence-corrected chi connectivity index (χ0v) is 19.4. The lowest BCUT2D eigenvalue weighted by Crippen LogP contribution is -2.41. The molecule has 1 saturated carbocycles. The van der Waals surface area contributed by atoms with Crippen molar-refractivity contribution in [3.8, 4) is 11.8 Å². The number of aromatic amines is 1. The molecule has 2 aromatic heterocycles. The molecule has 1 aromatic carbocycles. The van der Waals surface area contributed by atoms with Gasteiger partial charge in [0.1, 0.15) is 23.2 Å². The third-order valence-electron chi connectivity index (χ3n) is 6.36. The van der Waals surface area contributed by atoms with Crippen LogP contribution in [0.25, 0.3) is 10.9 Å². The number of benzene rings is 1. The first kappa shape index (κ1) is 24.6. The van der Waals surface area contributed by atoms with Crippen LogP contribution in [0.4, 0.5) is 24.9 Å². The molecular formula is C24H27F3N6O2. The number of rotatable bonds is 7. The van der Waals surface area contributed by atoms with Gasteiger partial charge in [-0.25, -0.2) is 4.98 Å². The summed E-state index contributed by atoms with van der Waals surface area (Å²) in [6.07, 6.45) is 0.894. The Bertz CT molecular complexity index is 1230. The van der Waals surface area contributed by atoms with Gasteiger partial charge < -0.3 is 25.5 Å². The second-order valence-electron chi connectivity index (χ2n) is 9.44. The summed E-state index contributed by atoms with van der Waals surface area (Å²) >= 11 is 0. The molecule has 4 N–H and O–H groups in total. The van der Waals surface area contributed by atoms with Crippen LogP contribution in [0.3, 0.4) is 0 Å². The summed E-state index contributed by atoms with van der Waals surface area (Å²) < 4.78 is 41.3. The molecule has 35 heavy (non-hydrogen) atoms. The molecule has 2 heterocycles. The molecule has 8 nitrogen and oxygen atoms in total. The van der Waals surface area contributed by atoms with Gasteiger partial charge in [-0.2, -0.15) is 10.2 Å². The highest BCUT2D eigenvalue weighted by molar-refractivity contribution is 5.84. The predicted octanol–water partition coefficient (Wildman–Crippen LogP) is 4.73. The van der Waals surface area contributed by atoms with E-state index in [2.05, 4.69) is 36.4 Å². The van der Waals surface area contributed by atoms with Crippen molar-refractivity contribution in [1.82, 2.24) is 15.0 Å². The molecule has 2 atom stereocenters. The number of anilines is 2. The Morgan fingerprint density at radius 3 is 2.83 bits per heavy atom. The zero-order valence-electron chi connectivity index (χ0n) is 19.4. The highest BCUT2D eigenvalue weighted by Crippen LogP contribution is 2.37. The summed E-state index contributed by atoms with van der Waals surface area (Å²) in [6, 6.07) is 6.38. The molecule has 1 aliphatic rings. The molecule has 0 spiro atoms. The van der Waals surface area contributed by atoms with Gasteiger partial charge in [0.2, 0.25) is 5.95 Å². The number of halogens is 3. The molecule has 1 fully saturated rings. The molecular weight excluding hydrogens is 461 g/mol. The lowest BCUT2D eigenvalue weighted by atomic mass is 9.73. The number of nitrogens with zero attached hydrogens (tertiary/aromatic N) is 3. The Morgan fingerprint density at radius 2 is 2.11 bits per heavy atom. The first-order valence-electron chi connectivity index (χ1n) is 11.4. The maximum absolute atomic E-state index is 12.4. The number of aliphatic hydroxyl groups excluding tert-OH is 1. The fourth-order valence-electron chi connectivity index (χ4n) is 4.48. The molecule has 11 heteroatoms. The van der Waals surface area contributed by atoms with Crippen LogP contribution >= 0.6 is 0 Å². The number of nitrogens with one attached hydrogen (secondary N) is 3. The van der Waals surface area contributed by atoms with Crippen LogP contribution in [-0.2, 0) is 6.42 Å². The van der Waals surface area contributed by atoms with E-state index in [0.29, 0.717) is 42.2 Å². The van der Waals surface area contributed by atoms with Crippen LogP contribution in [0.5, 0.6) is 5.75 Å². The lowest BCUT2D eigenvalue weighted by Gasteiger charge is -2.40. The summed E-state index contributed by atoms with van der Waals surface area (Å²) in [5.74, 6) is 0.534. The standard InChI is InChI=1S/C24H27F3N6O2/c1-23(2)10-16(3-6-20(23)34)32-21-15(11-28)13-31-22(33-21)29-8-7-14-12-30-19-9-17(4-5-18(14)19)35-24(25,26)27/h4-5,9,12-13,16,20,30,34H,3,6-8,10H2,1-2H3,(H2,29,31,32,33)/t16-,20+/m1/s1. The van der Waals surface area contributed by atoms with Crippen LogP contribution in [-0.4, -0.2) is 45.1 Å². The topological polar surface area (TPSA) is 119 Å². The van der Waals surface area contributed by atoms with Crippen molar-refractivity contribution in [3.63, 3.8) is 0 Å². The number of H-pyrrole nitrogens is 1. The minimum atomic E-state index is -4.74. The van der Waals surface area contributed by atoms with Gasteiger partial charge in [0.05, 0.1) is 12.3 Å². The summed E-state index contributed by atoms with van der Waals surface area (Å²) in [5.41, 5.74) is 1.58. The second kappa shape index (κ2) is 9.62. The third kappa shape index (κ3) is 5.95. The quantitative estimate of drug-likeness (QED) is 0.379. The van der Waals surface area contributed by atoms with E-state index < -0.39 is 6.36 Å². The number of fused-ring (bicyclic) bond motifs is 1. The van der Waals surface area contributed by atoms with Gasteiger partial charge in [-0.3, -0.25) is 0 Å². The first-order valence-corrected chi connectivity index (χ1v) is 11.4. The van der Waals surface area contributed by atoms with Gasteiger partial charge in [-0.05, 0) is 48.8 Å². The van der Waals surface area contributed by atoms with Crippen LogP contribution in [0.1, 0.15) is 44.2 Å². The highest BCUT2D eigenvalue weighted by Gasteiger charge is 2.36. The fourth-order valence-corrected chi connectivity index (χ4v) is 4.48. The number of alkyl halides is 3. The van der Waals surface area contributed by atoms with Gasteiger partial charge in [-0.15, -0.1) is 13.2 Å². The lowest BCUT2D eigenvalue weighted by molar-refractivity contribution is -0.274. The van der Waals surface area contributed by atoms with E-state index in [1.165, 1.54) is 18.3 Å². The molecule has 0 aliphatic heterocycles. The molecule has 1 aliphatic carbocycles. The van der Waals surface area contributed by atoms with E-state index in [0.717, 1.165) is 23.8 Å². The molecule has 0 unspecified atom stereocenters. The monoisotopic (exact) mass is 488 g/mol. The summed E-state index contributed by atoms with van der Waals surface area (Å²) in [4.78, 5) is 11.7. The van der Waals surface area contributed by atoms with Gasteiger partial charge in [0.15, 0.2) is 0 Å². The summed E-state index contributed by atoms with van der Waals surface area (Å²) in [6.45, 7) is 4.53. The molecule has 0 bridgehead atoms. The average Bonchev–Trinajstić information content (AvgIpc) is 3.17. The molecule has 0 amide bonds. The number of hydrogen-bond acceptors (Lipinski definition) is 7. The van der Waals surface area contributed by atoms with Gasteiger partial charge in [0, 0.05) is 35.8 Å². The first-order chi connectivity index (χ1) is 16.5. The Hall–Kier alpha value is -3.52. The van der Waals surface area contributed by atoms with E-state index in [4.69, 9.17) is 0 Å². The SMILES string of the molecule is CC1(C)C[C@H](Nc2nc(NCCc3c[nH]c4cc(OC(F)(F)F)ccc34)ncc2C#N)CC[C@@H]1O. The second-order valence-corrected chi connectivity index (χ2v) is 9.44. The summed E-state index contributed by atoms with van der Waals surface area (Å²) in [7, 11) is 0. The summed E-state index contributed by atoms with van der Waals surface area (Å²) in [5, 5.41) is 26.9. The van der Waals surface area contributed by atoms with Crippen LogP contribution < -0.4 is 15.4 Å². The maximum Gasteiger partial charge on any atom is 0.573 e. The number of nitriles is 1. The van der Waals surface area contributed by atoms with E-state index in [9.17, 15) is 23.5 Å². The van der Waals surface area contributed by atoms with Gasteiger partial charge in [-0.1, -0.05) is 13.8 Å². The van der Waals surface area contributed by atoms with Crippen LogP contribution in [0.2, 0.25) is 0 Å². The molecule has 186 valence electrons. The molecule has 3 aromatic rings. The number of hydrogen-bond donors (Lipinski definition) is 4. The minimum Gasteiger partial charge on any atom is -0.406 e. The number of ether oxygens (including phenoxy) is 1. The predicted molar refractivity (Wildman–Crippen MR) is 125 cm³/mol. The normalized spacial score (nSPS) is 19.8. The van der Waals surface area contributed by atoms with Crippen molar-refractivity contribution >= 4 is 22.7 Å². The number of aromatic nitrogens is 3. The Labute approximate surface area is 200 Å². The Morgan fingerprint density at radius 1 is 1.31 bits per heavy atom. The zero-order chi connectivity index (χ0) is 25.2. The third-order valence-corrected chi connectivity index (χ3v) is 6.36. The highest BCUT2D eigenvalue weighted by atomic mass is 19.4. The Kier molecular flexibility index (Phi) is 6.76. The van der Waals surface area contributed by atoms with Crippen molar-refractivity contribution < 1.29 is 23.0 Å². The van der Waals surface area contributed by atoms with Crippen molar-refractivity contribution in [3.05, 3.63) is 41.7 Å². The largest absolute Gasteiger partial charge is 0.573 e. The maximum atomic E-state index is 12.4. The molecule has 4 rings (SSSR count). The molecule has 0 radical (unpaired) electrons. The fraction of sp³-hybridized carbons (Fsp3) is 0.458. The van der Waals surface area contributed by atoms with Crippen LogP contribution in [0.15, 0.2) is 30.6 Å². The minimum absolute atomic E-state index is 0.0840. The van der Waals surface area contributed by atoms with E-state index in [1.807, 2.05) is 13.8 Å². The van der Waals surface area contributed by atoms with E-state index in [-0.39, 0.29) is 23.3 Å².